The molecule has 1 fully saturated rings. The average molecular weight is 447 g/mol. The second kappa shape index (κ2) is 8.08. The number of halogens is 6. The van der Waals surface area contributed by atoms with Crippen LogP contribution in [0, 0.1) is 5.92 Å². The summed E-state index contributed by atoms with van der Waals surface area (Å²) in [7, 11) is 0. The summed E-state index contributed by atoms with van der Waals surface area (Å²) < 4.78 is 76.9. The molecule has 0 aliphatic carbocycles. The summed E-state index contributed by atoms with van der Waals surface area (Å²) in [5.41, 5.74) is -3.42. The van der Waals surface area contributed by atoms with Crippen molar-refractivity contribution >= 4 is 17.5 Å². The van der Waals surface area contributed by atoms with Gasteiger partial charge in [0, 0.05) is 25.7 Å². The number of amides is 2. The molecule has 2 heterocycles. The van der Waals surface area contributed by atoms with Crippen molar-refractivity contribution in [2.24, 2.45) is 5.92 Å². The second-order valence-corrected chi connectivity index (χ2v) is 6.99. The fourth-order valence-electron chi connectivity index (χ4n) is 3.14. The third-order valence-electron chi connectivity index (χ3n) is 4.70. The predicted octanol–water partition coefficient (Wildman–Crippen LogP) is 3.40. The fourth-order valence-corrected chi connectivity index (χ4v) is 3.14. The van der Waals surface area contributed by atoms with Gasteiger partial charge >= 0.3 is 12.4 Å². The number of hydrogen-bond acceptors (Lipinski definition) is 3. The number of rotatable bonds is 4. The first kappa shape index (κ1) is 22.4. The molecule has 1 unspecified atom stereocenters. The number of carbonyl (C=O) groups is 2. The van der Waals surface area contributed by atoms with Gasteiger partial charge < -0.3 is 15.2 Å². The molecule has 1 aromatic heterocycles. The zero-order chi connectivity index (χ0) is 23.0. The van der Waals surface area contributed by atoms with E-state index in [2.05, 4.69) is 5.32 Å². The lowest BCUT2D eigenvalue weighted by Gasteiger charge is -2.18. The predicted molar refractivity (Wildman–Crippen MR) is 95.7 cm³/mol. The van der Waals surface area contributed by atoms with Crippen molar-refractivity contribution in [3.8, 4) is 0 Å². The Labute approximate surface area is 170 Å². The Hall–Kier alpha value is -3.31. The number of H-pyrrole nitrogens is 1. The first-order chi connectivity index (χ1) is 14.3. The molecule has 1 atom stereocenters. The minimum Gasteiger partial charge on any atom is -0.338 e. The highest BCUT2D eigenvalue weighted by atomic mass is 19.4. The summed E-state index contributed by atoms with van der Waals surface area (Å²) in [6.07, 6.45) is -9.12. The van der Waals surface area contributed by atoms with E-state index in [1.54, 1.807) is 0 Å². The third-order valence-corrected chi connectivity index (χ3v) is 4.70. The molecule has 12 heteroatoms. The van der Waals surface area contributed by atoms with Crippen molar-refractivity contribution in [2.75, 3.05) is 11.9 Å². The summed E-state index contributed by atoms with van der Waals surface area (Å²) in [6, 6.07) is 4.86. The first-order valence-electron chi connectivity index (χ1n) is 8.89. The molecule has 0 spiro atoms. The van der Waals surface area contributed by atoms with Crippen LogP contribution in [0.1, 0.15) is 23.1 Å². The molecular formula is C19H15F6N3O3. The lowest BCUT2D eigenvalue weighted by atomic mass is 10.1. The second-order valence-electron chi connectivity index (χ2n) is 6.99. The van der Waals surface area contributed by atoms with Gasteiger partial charge in [0.05, 0.1) is 17.0 Å². The highest BCUT2D eigenvalue weighted by Gasteiger charge is 2.36. The van der Waals surface area contributed by atoms with Crippen LogP contribution in [0.4, 0.5) is 32.0 Å². The topological polar surface area (TPSA) is 82.3 Å². The number of nitrogens with one attached hydrogen (secondary N) is 2. The van der Waals surface area contributed by atoms with Crippen LogP contribution < -0.4 is 10.9 Å². The number of likely N-dealkylation sites (tertiary alicyclic amines) is 1. The smallest absolute Gasteiger partial charge is 0.338 e. The van der Waals surface area contributed by atoms with Gasteiger partial charge in [0.2, 0.25) is 11.8 Å². The molecule has 2 N–H and O–H groups in total. The largest absolute Gasteiger partial charge is 0.417 e. The SMILES string of the molecule is O=C(Nc1cc(C(F)(F)F)c[nH]c1=O)C1CC(=O)N(Cc2cccc(C(F)(F)F)c2)C1. The van der Waals surface area contributed by atoms with Crippen LogP contribution in [0.25, 0.3) is 0 Å². The molecule has 0 bridgehead atoms. The minimum atomic E-state index is -4.74. The maximum atomic E-state index is 12.8. The van der Waals surface area contributed by atoms with E-state index >= 15 is 0 Å². The molecule has 31 heavy (non-hydrogen) atoms. The Balaban J connectivity index is 1.69. The van der Waals surface area contributed by atoms with Crippen LogP contribution in [-0.2, 0) is 28.5 Å². The molecule has 3 rings (SSSR count). The van der Waals surface area contributed by atoms with Crippen LogP contribution in [0.15, 0.2) is 41.3 Å². The number of aromatic nitrogens is 1. The van der Waals surface area contributed by atoms with Gasteiger partial charge in [-0.25, -0.2) is 0 Å². The van der Waals surface area contributed by atoms with Crippen molar-refractivity contribution in [1.82, 2.24) is 9.88 Å². The summed E-state index contributed by atoms with van der Waals surface area (Å²) in [4.78, 5) is 39.4. The van der Waals surface area contributed by atoms with Gasteiger partial charge in [-0.05, 0) is 23.8 Å². The number of carbonyl (C=O) groups excluding carboxylic acids is 2. The number of benzene rings is 1. The number of aromatic amines is 1. The molecular weight excluding hydrogens is 432 g/mol. The van der Waals surface area contributed by atoms with Crippen LogP contribution in [0.3, 0.4) is 0 Å². The van der Waals surface area contributed by atoms with Crippen molar-refractivity contribution < 1.29 is 35.9 Å². The van der Waals surface area contributed by atoms with Gasteiger partial charge in [0.1, 0.15) is 5.69 Å². The summed E-state index contributed by atoms with van der Waals surface area (Å²) in [5.74, 6) is -2.33. The Kier molecular flexibility index (Phi) is 5.83. The van der Waals surface area contributed by atoms with Crippen molar-refractivity contribution in [3.63, 3.8) is 0 Å². The van der Waals surface area contributed by atoms with Gasteiger partial charge in [-0.3, -0.25) is 14.4 Å². The molecule has 2 aromatic rings. The van der Waals surface area contributed by atoms with E-state index in [4.69, 9.17) is 0 Å². The molecule has 0 radical (unpaired) electrons. The van der Waals surface area contributed by atoms with E-state index in [9.17, 15) is 40.7 Å². The molecule has 0 saturated carbocycles. The van der Waals surface area contributed by atoms with Crippen molar-refractivity contribution in [3.05, 3.63) is 63.6 Å². The fraction of sp³-hybridized carbons (Fsp3) is 0.316. The van der Waals surface area contributed by atoms with E-state index in [-0.39, 0.29) is 25.1 Å². The Morgan fingerprint density at radius 2 is 1.74 bits per heavy atom. The van der Waals surface area contributed by atoms with Crippen LogP contribution in [0.5, 0.6) is 0 Å². The molecule has 166 valence electrons. The van der Waals surface area contributed by atoms with Gasteiger partial charge in [0.25, 0.3) is 5.56 Å². The summed E-state index contributed by atoms with van der Waals surface area (Å²) in [6.45, 7) is -0.325. The minimum absolute atomic E-state index is 0.155. The maximum absolute atomic E-state index is 12.8. The van der Waals surface area contributed by atoms with E-state index in [1.807, 2.05) is 4.98 Å². The molecule has 1 saturated heterocycles. The van der Waals surface area contributed by atoms with Crippen molar-refractivity contribution in [2.45, 2.75) is 25.3 Å². The number of alkyl halides is 6. The van der Waals surface area contributed by atoms with Crippen LogP contribution >= 0.6 is 0 Å². The monoisotopic (exact) mass is 447 g/mol. The number of hydrogen-bond donors (Lipinski definition) is 2. The zero-order valence-electron chi connectivity index (χ0n) is 15.6. The number of pyridine rings is 1. The highest BCUT2D eigenvalue weighted by Crippen LogP contribution is 2.31. The van der Waals surface area contributed by atoms with E-state index in [1.165, 1.54) is 17.0 Å². The first-order valence-corrected chi connectivity index (χ1v) is 8.89. The van der Waals surface area contributed by atoms with Gasteiger partial charge in [-0.2, -0.15) is 26.3 Å². The Morgan fingerprint density at radius 1 is 1.06 bits per heavy atom. The van der Waals surface area contributed by atoms with E-state index in [0.29, 0.717) is 12.3 Å². The maximum Gasteiger partial charge on any atom is 0.417 e. The lowest BCUT2D eigenvalue weighted by Crippen LogP contribution is -2.30. The number of anilines is 1. The Morgan fingerprint density at radius 3 is 2.39 bits per heavy atom. The highest BCUT2D eigenvalue weighted by molar-refractivity contribution is 5.97. The number of nitrogens with zero attached hydrogens (tertiary/aromatic N) is 1. The van der Waals surface area contributed by atoms with E-state index < -0.39 is 52.5 Å². The molecule has 1 aliphatic heterocycles. The van der Waals surface area contributed by atoms with Gasteiger partial charge in [-0.1, -0.05) is 12.1 Å². The third kappa shape index (κ3) is 5.25. The average Bonchev–Trinajstić information content (AvgIpc) is 3.03. The summed E-state index contributed by atoms with van der Waals surface area (Å²) >= 11 is 0. The van der Waals surface area contributed by atoms with Crippen LogP contribution in [-0.4, -0.2) is 28.2 Å². The zero-order valence-corrected chi connectivity index (χ0v) is 15.6. The normalized spacial score (nSPS) is 17.2. The van der Waals surface area contributed by atoms with Crippen molar-refractivity contribution in [1.29, 1.82) is 0 Å². The summed E-state index contributed by atoms with van der Waals surface area (Å²) in [5, 5.41) is 2.09. The molecule has 1 aliphatic rings. The van der Waals surface area contributed by atoms with Gasteiger partial charge in [0.15, 0.2) is 0 Å². The molecule has 6 nitrogen and oxygen atoms in total. The quantitative estimate of drug-likeness (QED) is 0.705. The molecule has 2 amide bonds. The van der Waals surface area contributed by atoms with Crippen LogP contribution in [0.2, 0.25) is 0 Å². The Bertz CT molecular complexity index is 1060. The lowest BCUT2D eigenvalue weighted by molar-refractivity contribution is -0.138. The molecule has 1 aromatic carbocycles. The van der Waals surface area contributed by atoms with Gasteiger partial charge in [-0.15, -0.1) is 0 Å². The standard InChI is InChI=1S/C19H15F6N3O3/c20-18(21,22)12-3-1-2-10(4-12)8-28-9-11(5-15(28)29)16(30)27-14-6-13(19(23,24)25)7-26-17(14)31/h1-4,6-7,11H,5,8-9H2,(H,26,31)(H,27,30). The van der Waals surface area contributed by atoms with E-state index in [0.717, 1.165) is 12.1 Å².